The fourth-order valence-electron chi connectivity index (χ4n) is 1.97. The lowest BCUT2D eigenvalue weighted by atomic mass is 9.75. The Hall–Kier alpha value is -0.0400. The normalized spacial score (nSPS) is 15.8. The van der Waals surface area contributed by atoms with Crippen molar-refractivity contribution in [2.75, 3.05) is 6.54 Å². The molecule has 1 N–H and O–H groups in total. The second-order valence-corrected chi connectivity index (χ2v) is 6.15. The Balaban J connectivity index is 4.01. The van der Waals surface area contributed by atoms with Gasteiger partial charge in [0.15, 0.2) is 0 Å². The lowest BCUT2D eigenvalue weighted by Gasteiger charge is -2.35. The predicted molar refractivity (Wildman–Crippen MR) is 74.8 cm³/mol. The third-order valence-electron chi connectivity index (χ3n) is 3.91. The first kappa shape index (κ1) is 16.0. The van der Waals surface area contributed by atoms with E-state index in [-0.39, 0.29) is 0 Å². The lowest BCUT2D eigenvalue weighted by molar-refractivity contribution is 0.180. The summed E-state index contributed by atoms with van der Waals surface area (Å²) in [6, 6.07) is 0.605. The van der Waals surface area contributed by atoms with E-state index in [9.17, 15) is 0 Å². The number of hydrogen-bond donors (Lipinski definition) is 1. The first-order valence-corrected chi connectivity index (χ1v) is 7.15. The van der Waals surface area contributed by atoms with Crippen molar-refractivity contribution in [1.29, 1.82) is 0 Å². The van der Waals surface area contributed by atoms with E-state index in [0.29, 0.717) is 11.5 Å². The van der Waals surface area contributed by atoms with Crippen LogP contribution in [0.4, 0.5) is 0 Å². The van der Waals surface area contributed by atoms with E-state index in [2.05, 4.69) is 46.9 Å². The summed E-state index contributed by atoms with van der Waals surface area (Å²) in [5.41, 5.74) is 0.470. The smallest absolute Gasteiger partial charge is 0.00106 e. The summed E-state index contributed by atoms with van der Waals surface area (Å²) in [6.07, 6.45) is 6.89. The number of rotatable bonds is 9. The van der Waals surface area contributed by atoms with Gasteiger partial charge in [-0.15, -0.1) is 0 Å². The van der Waals surface area contributed by atoms with Gasteiger partial charge in [0.1, 0.15) is 0 Å². The highest BCUT2D eigenvalue weighted by molar-refractivity contribution is 4.80. The molecule has 0 radical (unpaired) electrons. The maximum absolute atomic E-state index is 3.61. The molecule has 0 aliphatic rings. The van der Waals surface area contributed by atoms with Crippen LogP contribution in [-0.2, 0) is 0 Å². The van der Waals surface area contributed by atoms with Crippen molar-refractivity contribution in [2.45, 2.75) is 79.7 Å². The van der Waals surface area contributed by atoms with Gasteiger partial charge >= 0.3 is 0 Å². The molecule has 0 saturated heterocycles. The molecule has 0 aromatic heterocycles. The minimum Gasteiger partial charge on any atom is -0.314 e. The van der Waals surface area contributed by atoms with E-state index < -0.39 is 0 Å². The van der Waals surface area contributed by atoms with Crippen LogP contribution >= 0.6 is 0 Å². The first-order valence-electron chi connectivity index (χ1n) is 7.15. The number of nitrogens with one attached hydrogen (secondary N) is 1. The second-order valence-electron chi connectivity index (χ2n) is 6.15. The first-order chi connectivity index (χ1) is 7.42. The molecule has 1 heteroatoms. The van der Waals surface area contributed by atoms with Crippen LogP contribution in [0.2, 0.25) is 0 Å². The molecule has 0 spiro atoms. The minimum atomic E-state index is 0.470. The zero-order valence-corrected chi connectivity index (χ0v) is 12.4. The Labute approximate surface area is 103 Å². The zero-order valence-electron chi connectivity index (χ0n) is 12.4. The van der Waals surface area contributed by atoms with Gasteiger partial charge in [-0.1, -0.05) is 67.2 Å². The van der Waals surface area contributed by atoms with Gasteiger partial charge in [0.05, 0.1) is 0 Å². The maximum atomic E-state index is 3.61. The summed E-state index contributed by atoms with van der Waals surface area (Å²) in [7, 11) is 0. The van der Waals surface area contributed by atoms with Crippen LogP contribution in [0.5, 0.6) is 0 Å². The quantitative estimate of drug-likeness (QED) is 0.567. The number of hydrogen-bond acceptors (Lipinski definition) is 1. The minimum absolute atomic E-state index is 0.470. The van der Waals surface area contributed by atoms with Gasteiger partial charge in [0.25, 0.3) is 0 Å². The average Bonchev–Trinajstić information content (AvgIpc) is 2.21. The van der Waals surface area contributed by atoms with Crippen LogP contribution in [-0.4, -0.2) is 12.6 Å². The van der Waals surface area contributed by atoms with E-state index >= 15 is 0 Å². The lowest BCUT2D eigenvalue weighted by Crippen LogP contribution is -2.39. The molecular weight excluding hydrogens is 194 g/mol. The van der Waals surface area contributed by atoms with Crippen molar-refractivity contribution in [3.05, 3.63) is 0 Å². The van der Waals surface area contributed by atoms with Gasteiger partial charge in [0.2, 0.25) is 0 Å². The fourth-order valence-corrected chi connectivity index (χ4v) is 1.97. The molecule has 0 amide bonds. The Bertz CT molecular complexity index is 163. The van der Waals surface area contributed by atoms with Gasteiger partial charge in [-0.2, -0.15) is 0 Å². The van der Waals surface area contributed by atoms with Crippen molar-refractivity contribution >= 4 is 0 Å². The van der Waals surface area contributed by atoms with Crippen LogP contribution < -0.4 is 5.32 Å². The molecule has 0 aromatic carbocycles. The van der Waals surface area contributed by atoms with E-state index in [1.807, 2.05) is 0 Å². The van der Waals surface area contributed by atoms with Crippen molar-refractivity contribution in [2.24, 2.45) is 11.3 Å². The summed E-state index contributed by atoms with van der Waals surface area (Å²) >= 11 is 0. The molecular formula is C15H33N. The maximum Gasteiger partial charge on any atom is 0.00106 e. The highest BCUT2D eigenvalue weighted by atomic mass is 14.9. The van der Waals surface area contributed by atoms with Gasteiger partial charge in [-0.25, -0.2) is 0 Å². The standard InChI is InChI=1S/C15H33N/c1-7-8-9-10-11-15(6,13(2)3)12-16-14(4)5/h13-14,16H,7-12H2,1-6H3. The molecule has 1 nitrogen and oxygen atoms in total. The summed E-state index contributed by atoms with van der Waals surface area (Å²) < 4.78 is 0. The van der Waals surface area contributed by atoms with E-state index in [4.69, 9.17) is 0 Å². The third kappa shape index (κ3) is 6.52. The van der Waals surface area contributed by atoms with Gasteiger partial charge in [0, 0.05) is 12.6 Å². The second kappa shape index (κ2) is 8.11. The van der Waals surface area contributed by atoms with Crippen LogP contribution in [0.15, 0.2) is 0 Å². The molecule has 0 heterocycles. The van der Waals surface area contributed by atoms with Gasteiger partial charge in [-0.3, -0.25) is 0 Å². The van der Waals surface area contributed by atoms with Crippen molar-refractivity contribution in [1.82, 2.24) is 5.32 Å². The van der Waals surface area contributed by atoms with E-state index in [1.165, 1.54) is 32.1 Å². The molecule has 1 unspecified atom stereocenters. The summed E-state index contributed by atoms with van der Waals surface area (Å²) in [6.45, 7) is 15.1. The van der Waals surface area contributed by atoms with Gasteiger partial charge in [-0.05, 0) is 17.8 Å². The largest absolute Gasteiger partial charge is 0.314 e. The highest BCUT2D eigenvalue weighted by Gasteiger charge is 2.27. The van der Waals surface area contributed by atoms with Gasteiger partial charge < -0.3 is 5.32 Å². The Morgan fingerprint density at radius 3 is 2.06 bits per heavy atom. The fraction of sp³-hybridized carbons (Fsp3) is 1.00. The van der Waals surface area contributed by atoms with Crippen LogP contribution in [0.25, 0.3) is 0 Å². The molecule has 0 aliphatic heterocycles. The Morgan fingerprint density at radius 1 is 1.00 bits per heavy atom. The highest BCUT2D eigenvalue weighted by Crippen LogP contribution is 2.32. The zero-order chi connectivity index (χ0) is 12.6. The Morgan fingerprint density at radius 2 is 1.62 bits per heavy atom. The topological polar surface area (TPSA) is 12.0 Å². The van der Waals surface area contributed by atoms with Crippen molar-refractivity contribution < 1.29 is 0 Å². The molecule has 0 saturated carbocycles. The molecule has 98 valence electrons. The predicted octanol–water partition coefficient (Wildman–Crippen LogP) is 4.62. The molecule has 0 rings (SSSR count). The summed E-state index contributed by atoms with van der Waals surface area (Å²) in [5, 5.41) is 3.61. The van der Waals surface area contributed by atoms with Crippen LogP contribution in [0, 0.1) is 11.3 Å². The Kier molecular flexibility index (Phi) is 8.09. The molecule has 1 atom stereocenters. The molecule has 0 bridgehead atoms. The summed E-state index contributed by atoms with van der Waals surface area (Å²) in [4.78, 5) is 0. The van der Waals surface area contributed by atoms with Crippen molar-refractivity contribution in [3.63, 3.8) is 0 Å². The SMILES string of the molecule is CCCCCCC(C)(CNC(C)C)C(C)C. The summed E-state index contributed by atoms with van der Waals surface area (Å²) in [5.74, 6) is 0.764. The monoisotopic (exact) mass is 227 g/mol. The molecule has 0 aromatic rings. The number of unbranched alkanes of at least 4 members (excludes halogenated alkanes) is 3. The van der Waals surface area contributed by atoms with E-state index in [1.54, 1.807) is 0 Å². The van der Waals surface area contributed by atoms with Crippen LogP contribution in [0.1, 0.15) is 73.6 Å². The average molecular weight is 227 g/mol. The van der Waals surface area contributed by atoms with Crippen LogP contribution in [0.3, 0.4) is 0 Å². The molecule has 0 aliphatic carbocycles. The molecule has 16 heavy (non-hydrogen) atoms. The van der Waals surface area contributed by atoms with E-state index in [0.717, 1.165) is 12.5 Å². The third-order valence-corrected chi connectivity index (χ3v) is 3.91. The van der Waals surface area contributed by atoms with Crippen molar-refractivity contribution in [3.8, 4) is 0 Å². The molecule has 0 fully saturated rings.